The smallest absolute Gasteiger partial charge is 0.246 e. The standard InChI is InChI=1S/C12H10N4O/c13-7-1-3-9-11(5-7)17-12(16-9)10-4-2-8(14)6-15-10/h1-6H,13-14H2. The molecule has 0 amide bonds. The molecule has 3 aromatic rings. The van der Waals surface area contributed by atoms with E-state index in [2.05, 4.69) is 9.97 Å². The molecular formula is C12H10N4O. The van der Waals surface area contributed by atoms with E-state index in [-0.39, 0.29) is 0 Å². The predicted octanol–water partition coefficient (Wildman–Crippen LogP) is 2.05. The highest BCUT2D eigenvalue weighted by molar-refractivity contribution is 5.78. The monoisotopic (exact) mass is 226 g/mol. The van der Waals surface area contributed by atoms with Gasteiger partial charge in [-0.15, -0.1) is 0 Å². The maximum Gasteiger partial charge on any atom is 0.246 e. The number of anilines is 2. The molecule has 2 aromatic heterocycles. The van der Waals surface area contributed by atoms with Gasteiger partial charge >= 0.3 is 0 Å². The summed E-state index contributed by atoms with van der Waals surface area (Å²) in [5.74, 6) is 0.464. The second-order valence-electron chi connectivity index (χ2n) is 3.72. The fraction of sp³-hybridized carbons (Fsp3) is 0. The Morgan fingerprint density at radius 2 is 1.82 bits per heavy atom. The third-order valence-corrected chi connectivity index (χ3v) is 2.42. The summed E-state index contributed by atoms with van der Waals surface area (Å²) in [6, 6.07) is 8.86. The van der Waals surface area contributed by atoms with E-state index in [0.29, 0.717) is 28.5 Å². The van der Waals surface area contributed by atoms with Gasteiger partial charge < -0.3 is 15.9 Å². The molecule has 5 heteroatoms. The SMILES string of the molecule is Nc1ccc(-c2nc3ccc(N)cc3o2)nc1. The van der Waals surface area contributed by atoms with Gasteiger partial charge in [-0.3, -0.25) is 0 Å². The highest BCUT2D eigenvalue weighted by Gasteiger charge is 2.09. The topological polar surface area (TPSA) is 91.0 Å². The first-order valence-corrected chi connectivity index (χ1v) is 5.10. The number of oxazole rings is 1. The Balaban J connectivity index is 2.14. The van der Waals surface area contributed by atoms with Crippen molar-refractivity contribution in [3.8, 4) is 11.6 Å². The summed E-state index contributed by atoms with van der Waals surface area (Å²) in [7, 11) is 0. The van der Waals surface area contributed by atoms with Crippen molar-refractivity contribution in [1.82, 2.24) is 9.97 Å². The number of benzene rings is 1. The molecule has 3 rings (SSSR count). The molecule has 17 heavy (non-hydrogen) atoms. The van der Waals surface area contributed by atoms with Crippen molar-refractivity contribution in [2.75, 3.05) is 11.5 Å². The van der Waals surface area contributed by atoms with Crippen molar-refractivity contribution < 1.29 is 4.42 Å². The van der Waals surface area contributed by atoms with E-state index in [1.165, 1.54) is 0 Å². The molecule has 0 unspecified atom stereocenters. The lowest BCUT2D eigenvalue weighted by Gasteiger charge is -1.94. The van der Waals surface area contributed by atoms with Crippen LogP contribution in [0.4, 0.5) is 11.4 Å². The van der Waals surface area contributed by atoms with Crippen molar-refractivity contribution in [3.05, 3.63) is 36.5 Å². The summed E-state index contributed by atoms with van der Waals surface area (Å²) in [6.45, 7) is 0. The number of aromatic nitrogens is 2. The molecule has 0 aliphatic rings. The summed E-state index contributed by atoms with van der Waals surface area (Å²) in [6.07, 6.45) is 1.57. The molecule has 0 radical (unpaired) electrons. The van der Waals surface area contributed by atoms with E-state index in [4.69, 9.17) is 15.9 Å². The van der Waals surface area contributed by atoms with Crippen LogP contribution in [-0.4, -0.2) is 9.97 Å². The number of fused-ring (bicyclic) bond motifs is 1. The van der Waals surface area contributed by atoms with Crippen LogP contribution in [0.25, 0.3) is 22.7 Å². The lowest BCUT2D eigenvalue weighted by atomic mass is 10.3. The molecule has 84 valence electrons. The molecule has 0 saturated heterocycles. The highest BCUT2D eigenvalue weighted by Crippen LogP contribution is 2.24. The first-order chi connectivity index (χ1) is 8.22. The van der Waals surface area contributed by atoms with Crippen molar-refractivity contribution in [1.29, 1.82) is 0 Å². The zero-order valence-electron chi connectivity index (χ0n) is 8.92. The number of pyridine rings is 1. The van der Waals surface area contributed by atoms with Crippen LogP contribution in [-0.2, 0) is 0 Å². The van der Waals surface area contributed by atoms with Crippen LogP contribution in [0, 0.1) is 0 Å². The third-order valence-electron chi connectivity index (χ3n) is 2.42. The van der Waals surface area contributed by atoms with Crippen molar-refractivity contribution in [2.24, 2.45) is 0 Å². The normalized spacial score (nSPS) is 10.8. The van der Waals surface area contributed by atoms with Gasteiger partial charge in [0, 0.05) is 11.8 Å². The van der Waals surface area contributed by atoms with Gasteiger partial charge in [0.05, 0.1) is 11.9 Å². The predicted molar refractivity (Wildman–Crippen MR) is 66.1 cm³/mol. The molecule has 0 aliphatic carbocycles. The molecule has 0 atom stereocenters. The molecule has 4 N–H and O–H groups in total. The Kier molecular flexibility index (Phi) is 1.98. The van der Waals surface area contributed by atoms with E-state index in [1.807, 2.05) is 6.07 Å². The largest absolute Gasteiger partial charge is 0.435 e. The third kappa shape index (κ3) is 1.67. The number of rotatable bonds is 1. The number of nitrogens with zero attached hydrogens (tertiary/aromatic N) is 2. The van der Waals surface area contributed by atoms with Gasteiger partial charge in [0.1, 0.15) is 11.2 Å². The summed E-state index contributed by atoms with van der Waals surface area (Å²) in [5, 5.41) is 0. The van der Waals surface area contributed by atoms with Crippen molar-refractivity contribution in [3.63, 3.8) is 0 Å². The zero-order chi connectivity index (χ0) is 11.8. The van der Waals surface area contributed by atoms with Gasteiger partial charge in [0.15, 0.2) is 5.58 Å². The van der Waals surface area contributed by atoms with Gasteiger partial charge in [0.2, 0.25) is 5.89 Å². The first kappa shape index (κ1) is 9.65. The Labute approximate surface area is 97.1 Å². The summed E-state index contributed by atoms with van der Waals surface area (Å²) in [5.41, 5.74) is 14.5. The number of hydrogen-bond donors (Lipinski definition) is 2. The molecule has 0 spiro atoms. The van der Waals surface area contributed by atoms with Gasteiger partial charge in [-0.25, -0.2) is 9.97 Å². The molecule has 1 aromatic carbocycles. The van der Waals surface area contributed by atoms with E-state index >= 15 is 0 Å². The van der Waals surface area contributed by atoms with Crippen LogP contribution in [0.3, 0.4) is 0 Å². The quantitative estimate of drug-likeness (QED) is 0.619. The second-order valence-corrected chi connectivity index (χ2v) is 3.72. The Bertz CT molecular complexity index is 673. The molecule has 0 bridgehead atoms. The summed E-state index contributed by atoms with van der Waals surface area (Å²) in [4.78, 5) is 8.48. The minimum Gasteiger partial charge on any atom is -0.435 e. The van der Waals surface area contributed by atoms with E-state index in [1.54, 1.807) is 30.5 Å². The fourth-order valence-electron chi connectivity index (χ4n) is 1.58. The van der Waals surface area contributed by atoms with Crippen LogP contribution in [0.15, 0.2) is 40.9 Å². The second kappa shape index (κ2) is 3.48. The van der Waals surface area contributed by atoms with Crippen LogP contribution >= 0.6 is 0 Å². The van der Waals surface area contributed by atoms with Crippen LogP contribution in [0.5, 0.6) is 0 Å². The number of hydrogen-bond acceptors (Lipinski definition) is 5. The lowest BCUT2D eigenvalue weighted by Crippen LogP contribution is -1.87. The van der Waals surface area contributed by atoms with E-state index in [9.17, 15) is 0 Å². The number of nitrogens with two attached hydrogens (primary N) is 2. The highest BCUT2D eigenvalue weighted by atomic mass is 16.3. The van der Waals surface area contributed by atoms with Gasteiger partial charge in [-0.1, -0.05) is 0 Å². The van der Waals surface area contributed by atoms with Gasteiger partial charge in [0.25, 0.3) is 0 Å². The average Bonchev–Trinajstić information content (AvgIpc) is 2.72. The molecule has 5 nitrogen and oxygen atoms in total. The molecule has 0 fully saturated rings. The van der Waals surface area contributed by atoms with E-state index in [0.717, 1.165) is 5.52 Å². The maximum atomic E-state index is 5.67. The minimum absolute atomic E-state index is 0.464. The molecule has 0 saturated carbocycles. The Morgan fingerprint density at radius 3 is 2.59 bits per heavy atom. The Hall–Kier alpha value is -2.56. The molecule has 0 aliphatic heterocycles. The van der Waals surface area contributed by atoms with Crippen LogP contribution in [0.1, 0.15) is 0 Å². The lowest BCUT2D eigenvalue weighted by molar-refractivity contribution is 0.617. The fourth-order valence-corrected chi connectivity index (χ4v) is 1.58. The van der Waals surface area contributed by atoms with Crippen LogP contribution in [0.2, 0.25) is 0 Å². The average molecular weight is 226 g/mol. The van der Waals surface area contributed by atoms with Gasteiger partial charge in [-0.2, -0.15) is 0 Å². The maximum absolute atomic E-state index is 5.67. The summed E-state index contributed by atoms with van der Waals surface area (Å²) < 4.78 is 5.58. The minimum atomic E-state index is 0.464. The molecule has 2 heterocycles. The zero-order valence-corrected chi connectivity index (χ0v) is 8.92. The number of nitrogen functional groups attached to an aromatic ring is 2. The Morgan fingerprint density at radius 1 is 1.00 bits per heavy atom. The van der Waals surface area contributed by atoms with E-state index < -0.39 is 0 Å². The first-order valence-electron chi connectivity index (χ1n) is 5.10. The van der Waals surface area contributed by atoms with Gasteiger partial charge in [-0.05, 0) is 24.3 Å². The molecular weight excluding hydrogens is 216 g/mol. The summed E-state index contributed by atoms with van der Waals surface area (Å²) >= 11 is 0. The van der Waals surface area contributed by atoms with Crippen molar-refractivity contribution >= 4 is 22.5 Å². The van der Waals surface area contributed by atoms with Crippen LogP contribution < -0.4 is 11.5 Å². The van der Waals surface area contributed by atoms with Crippen molar-refractivity contribution in [2.45, 2.75) is 0 Å².